The first-order valence-electron chi connectivity index (χ1n) is 11.9. The van der Waals surface area contributed by atoms with Crippen LogP contribution in [0.2, 0.25) is 0 Å². The zero-order valence-electron chi connectivity index (χ0n) is 18.4. The lowest BCUT2D eigenvalue weighted by Gasteiger charge is -2.52. The Hall–Kier alpha value is -2.48. The molecule has 2 aromatic rings. The number of aromatic amines is 1. The lowest BCUT2D eigenvalue weighted by Crippen LogP contribution is -2.62. The monoisotopic (exact) mass is 442 g/mol. The summed E-state index contributed by atoms with van der Waals surface area (Å²) in [6, 6.07) is 6.67. The minimum atomic E-state index is -0.856. The zero-order valence-corrected chi connectivity index (χ0v) is 18.4. The number of H-pyrrole nitrogens is 1. The minimum absolute atomic E-state index is 0.114. The molecule has 1 saturated heterocycles. The first-order chi connectivity index (χ1) is 15.5. The molecule has 0 spiro atoms. The maximum absolute atomic E-state index is 15.2. The van der Waals surface area contributed by atoms with Gasteiger partial charge in [-0.05, 0) is 56.1 Å². The van der Waals surface area contributed by atoms with Gasteiger partial charge in [0.15, 0.2) is 5.82 Å². The molecule has 1 aliphatic heterocycles. The third kappa shape index (κ3) is 3.68. The Morgan fingerprint density at radius 2 is 2.03 bits per heavy atom. The van der Waals surface area contributed by atoms with Crippen molar-refractivity contribution < 1.29 is 13.7 Å². The summed E-state index contributed by atoms with van der Waals surface area (Å²) in [5.74, 6) is 0.209. The second-order valence-corrected chi connectivity index (χ2v) is 9.82. The fourth-order valence-electron chi connectivity index (χ4n) is 6.62. The number of halogens is 1. The number of carbonyl (C=O) groups is 1. The van der Waals surface area contributed by atoms with Gasteiger partial charge in [-0.1, -0.05) is 43.5 Å². The van der Waals surface area contributed by atoms with Gasteiger partial charge in [0.25, 0.3) is 0 Å². The van der Waals surface area contributed by atoms with Crippen molar-refractivity contribution in [1.29, 1.82) is 0 Å². The average molecular weight is 443 g/mol. The molecule has 5 unspecified atom stereocenters. The summed E-state index contributed by atoms with van der Waals surface area (Å²) in [5, 5.41) is 10.4. The number of amides is 1. The van der Waals surface area contributed by atoms with Gasteiger partial charge in [-0.15, -0.1) is 0 Å². The summed E-state index contributed by atoms with van der Waals surface area (Å²) in [5.41, 5.74) is 0.949. The van der Waals surface area contributed by atoms with Crippen LogP contribution in [0.15, 0.2) is 33.6 Å². The van der Waals surface area contributed by atoms with Crippen molar-refractivity contribution >= 4 is 11.6 Å². The van der Waals surface area contributed by atoms with Gasteiger partial charge in [0.1, 0.15) is 6.17 Å². The molecular formula is C24H31FN4O3. The average Bonchev–Trinajstić information content (AvgIpc) is 3.43. The Morgan fingerprint density at radius 3 is 2.78 bits per heavy atom. The Bertz CT molecular complexity index is 1030. The molecule has 2 heterocycles. The summed E-state index contributed by atoms with van der Waals surface area (Å²) < 4.78 is 19.8. The van der Waals surface area contributed by atoms with Crippen LogP contribution < -0.4 is 16.4 Å². The summed E-state index contributed by atoms with van der Waals surface area (Å²) in [7, 11) is 0. The summed E-state index contributed by atoms with van der Waals surface area (Å²) in [6.07, 6.45) is 7.01. The number of nitrogens with one attached hydrogen (secondary N) is 3. The molecule has 2 saturated carbocycles. The number of nitrogens with zero attached hydrogens (tertiary/aromatic N) is 1. The molecular weight excluding hydrogens is 411 g/mol. The number of rotatable bonds is 4. The van der Waals surface area contributed by atoms with Gasteiger partial charge in [-0.2, -0.15) is 0 Å². The van der Waals surface area contributed by atoms with E-state index < -0.39 is 18.0 Å². The van der Waals surface area contributed by atoms with E-state index in [4.69, 9.17) is 0 Å². The Kier molecular flexibility index (Phi) is 5.65. The first-order valence-corrected chi connectivity index (χ1v) is 11.9. The van der Waals surface area contributed by atoms with E-state index in [2.05, 4.69) is 32.2 Å². The van der Waals surface area contributed by atoms with E-state index in [-0.39, 0.29) is 17.4 Å². The predicted octanol–water partition coefficient (Wildman–Crippen LogP) is 4.03. The quantitative estimate of drug-likeness (QED) is 0.664. The van der Waals surface area contributed by atoms with Crippen molar-refractivity contribution in [1.82, 2.24) is 15.5 Å². The van der Waals surface area contributed by atoms with Crippen LogP contribution >= 0.6 is 0 Å². The highest BCUT2D eigenvalue weighted by molar-refractivity contribution is 5.95. The SMILES string of the molecule is CC1CCC(F)C2CC(C(=O)Nc3cccc(-c4noc(=O)[nH]4)c3)NC12C1CCCCC1. The van der Waals surface area contributed by atoms with Gasteiger partial charge in [-0.25, -0.2) is 9.18 Å². The second-order valence-electron chi connectivity index (χ2n) is 9.82. The Labute approximate surface area is 186 Å². The van der Waals surface area contributed by atoms with Crippen molar-refractivity contribution in [2.45, 2.75) is 76.0 Å². The molecule has 3 N–H and O–H groups in total. The van der Waals surface area contributed by atoms with Gasteiger partial charge in [-0.3, -0.25) is 19.6 Å². The highest BCUT2D eigenvalue weighted by Gasteiger charge is 2.60. The van der Waals surface area contributed by atoms with E-state index in [0.717, 1.165) is 19.3 Å². The topological polar surface area (TPSA) is 100 Å². The molecule has 1 aromatic carbocycles. The van der Waals surface area contributed by atoms with Crippen LogP contribution in [0, 0.1) is 17.8 Å². The van der Waals surface area contributed by atoms with Crippen LogP contribution in [0.3, 0.4) is 0 Å². The molecule has 0 radical (unpaired) electrons. The summed E-state index contributed by atoms with van der Waals surface area (Å²) in [6.45, 7) is 2.24. The van der Waals surface area contributed by atoms with E-state index in [9.17, 15) is 9.59 Å². The number of anilines is 1. The van der Waals surface area contributed by atoms with Gasteiger partial charge in [0.2, 0.25) is 5.91 Å². The maximum Gasteiger partial charge on any atom is 0.439 e. The van der Waals surface area contributed by atoms with Crippen molar-refractivity contribution in [2.24, 2.45) is 17.8 Å². The van der Waals surface area contributed by atoms with Crippen LogP contribution in [0.1, 0.15) is 58.3 Å². The van der Waals surface area contributed by atoms with Crippen LogP contribution in [-0.2, 0) is 4.79 Å². The van der Waals surface area contributed by atoms with Crippen LogP contribution in [0.5, 0.6) is 0 Å². The van der Waals surface area contributed by atoms with E-state index in [1.165, 1.54) is 19.3 Å². The van der Waals surface area contributed by atoms with Gasteiger partial charge in [0, 0.05) is 22.7 Å². The van der Waals surface area contributed by atoms with Gasteiger partial charge >= 0.3 is 5.76 Å². The molecule has 3 fully saturated rings. The number of hydrogen-bond donors (Lipinski definition) is 3. The molecule has 1 aromatic heterocycles. The molecule has 1 amide bonds. The van der Waals surface area contributed by atoms with Gasteiger partial charge in [0.05, 0.1) is 6.04 Å². The first kappa shape index (κ1) is 21.4. The fourth-order valence-corrected chi connectivity index (χ4v) is 6.62. The fraction of sp³-hybridized carbons (Fsp3) is 0.625. The van der Waals surface area contributed by atoms with E-state index in [1.807, 2.05) is 0 Å². The summed E-state index contributed by atoms with van der Waals surface area (Å²) >= 11 is 0. The highest BCUT2D eigenvalue weighted by Crippen LogP contribution is 2.53. The molecule has 8 heteroatoms. The number of carbonyl (C=O) groups excluding carboxylic acids is 1. The van der Waals surface area contributed by atoms with E-state index in [0.29, 0.717) is 41.8 Å². The lowest BCUT2D eigenvalue weighted by atomic mass is 9.58. The third-order valence-electron chi connectivity index (χ3n) is 8.10. The number of hydrogen-bond acceptors (Lipinski definition) is 5. The second kappa shape index (κ2) is 8.46. The largest absolute Gasteiger partial charge is 0.439 e. The number of aromatic nitrogens is 2. The van der Waals surface area contributed by atoms with Crippen molar-refractivity contribution in [3.8, 4) is 11.4 Å². The van der Waals surface area contributed by atoms with Crippen LogP contribution in [-0.4, -0.2) is 33.8 Å². The van der Waals surface area contributed by atoms with E-state index >= 15 is 4.39 Å². The molecule has 3 aliphatic rings. The maximum atomic E-state index is 15.2. The smallest absolute Gasteiger partial charge is 0.325 e. The molecule has 32 heavy (non-hydrogen) atoms. The molecule has 5 rings (SSSR count). The van der Waals surface area contributed by atoms with Crippen LogP contribution in [0.4, 0.5) is 10.1 Å². The molecule has 7 nitrogen and oxygen atoms in total. The Balaban J connectivity index is 1.36. The van der Waals surface area contributed by atoms with Crippen molar-refractivity contribution in [3.63, 3.8) is 0 Å². The molecule has 5 atom stereocenters. The predicted molar refractivity (Wildman–Crippen MR) is 119 cm³/mol. The van der Waals surface area contributed by atoms with E-state index in [1.54, 1.807) is 24.3 Å². The number of benzene rings is 1. The van der Waals surface area contributed by atoms with Crippen molar-refractivity contribution in [3.05, 3.63) is 34.8 Å². The van der Waals surface area contributed by atoms with Crippen LogP contribution in [0.25, 0.3) is 11.4 Å². The normalized spacial score (nSPS) is 33.1. The van der Waals surface area contributed by atoms with Gasteiger partial charge < -0.3 is 5.32 Å². The van der Waals surface area contributed by atoms with Crippen molar-refractivity contribution in [2.75, 3.05) is 5.32 Å². The molecule has 172 valence electrons. The molecule has 2 aliphatic carbocycles. The third-order valence-corrected chi connectivity index (χ3v) is 8.10. The standard InChI is InChI=1S/C24H31FN4O3/c1-14-10-11-19(25)18-13-20(28-24(14,18)16-7-3-2-4-8-16)22(30)26-17-9-5-6-15(12-17)21-27-23(31)32-29-21/h5-6,9,12,14,16,18-20,28H,2-4,7-8,10-11,13H2,1H3,(H,26,30)(H,27,29,31). The lowest BCUT2D eigenvalue weighted by molar-refractivity contribution is -0.118. The Morgan fingerprint density at radius 1 is 1.22 bits per heavy atom. The minimum Gasteiger partial charge on any atom is -0.325 e. The highest BCUT2D eigenvalue weighted by atomic mass is 19.1. The summed E-state index contributed by atoms with van der Waals surface area (Å²) in [4.78, 5) is 27.0. The number of alkyl halides is 1. The zero-order chi connectivity index (χ0) is 22.3. The number of fused-ring (bicyclic) bond motifs is 1. The molecule has 0 bridgehead atoms.